The molecule has 0 aliphatic carbocycles. The highest BCUT2D eigenvalue weighted by Crippen LogP contribution is 2.30. The molecule has 33 heavy (non-hydrogen) atoms. The Kier molecular flexibility index (Phi) is 7.81. The summed E-state index contributed by atoms with van der Waals surface area (Å²) in [4.78, 5) is 15.0. The topological polar surface area (TPSA) is 53.6 Å². The van der Waals surface area contributed by atoms with Crippen LogP contribution in [0.25, 0.3) is 0 Å². The molecule has 1 aliphatic rings. The average Bonchev–Trinajstić information content (AvgIpc) is 2.84. The first-order valence-corrected chi connectivity index (χ1v) is 11.8. The predicted octanol–water partition coefficient (Wildman–Crippen LogP) is 6.04. The summed E-state index contributed by atoms with van der Waals surface area (Å²) >= 11 is 11.8. The lowest BCUT2D eigenvalue weighted by Gasteiger charge is -2.29. The number of amides is 1. The van der Waals surface area contributed by atoms with Gasteiger partial charge >= 0.3 is 0 Å². The number of carbonyl (C=O) groups is 1. The number of rotatable bonds is 6. The van der Waals surface area contributed by atoms with Crippen LogP contribution in [0, 0.1) is 0 Å². The zero-order valence-corrected chi connectivity index (χ0v) is 19.8. The Morgan fingerprint density at radius 3 is 2.52 bits per heavy atom. The maximum atomic E-state index is 12.7. The molecule has 4 rings (SSSR count). The van der Waals surface area contributed by atoms with Gasteiger partial charge in [-0.2, -0.15) is 0 Å². The van der Waals surface area contributed by atoms with E-state index in [1.165, 1.54) is 19.3 Å². The van der Waals surface area contributed by atoms with Crippen LogP contribution < -0.4 is 20.3 Å². The molecule has 170 valence electrons. The third kappa shape index (κ3) is 6.46. The Labute approximate surface area is 204 Å². The molecule has 0 aromatic heterocycles. The van der Waals surface area contributed by atoms with Crippen molar-refractivity contribution in [1.29, 1.82) is 0 Å². The number of benzene rings is 3. The van der Waals surface area contributed by atoms with Crippen LogP contribution in [0.3, 0.4) is 0 Å². The van der Waals surface area contributed by atoms with Crippen LogP contribution >= 0.6 is 23.8 Å². The summed E-state index contributed by atoms with van der Waals surface area (Å²) in [6, 6.07) is 22.6. The first kappa shape index (κ1) is 23.1. The quantitative estimate of drug-likeness (QED) is 0.422. The van der Waals surface area contributed by atoms with E-state index in [-0.39, 0.29) is 11.0 Å². The third-order valence-corrected chi connectivity index (χ3v) is 5.98. The van der Waals surface area contributed by atoms with Crippen LogP contribution in [0.15, 0.2) is 72.8 Å². The predicted molar refractivity (Wildman–Crippen MR) is 138 cm³/mol. The van der Waals surface area contributed by atoms with Gasteiger partial charge in [0.1, 0.15) is 12.4 Å². The van der Waals surface area contributed by atoms with E-state index in [1.54, 1.807) is 18.2 Å². The summed E-state index contributed by atoms with van der Waals surface area (Å²) in [5.41, 5.74) is 3.28. The zero-order chi connectivity index (χ0) is 23.0. The fraction of sp³-hybridized carbons (Fsp3) is 0.231. The van der Waals surface area contributed by atoms with E-state index in [2.05, 4.69) is 15.5 Å². The van der Waals surface area contributed by atoms with Crippen molar-refractivity contribution < 1.29 is 9.53 Å². The Hall–Kier alpha value is -3.09. The SMILES string of the molecule is O=C(NC(=S)Nc1ccc(N2CCCCC2)c(Cl)c1)c1cccc(OCc2ccccc2)c1. The normalized spacial score (nSPS) is 13.3. The number of ether oxygens (including phenoxy) is 1. The first-order valence-electron chi connectivity index (χ1n) is 11.0. The van der Waals surface area contributed by atoms with Crippen molar-refractivity contribution in [3.05, 3.63) is 88.9 Å². The van der Waals surface area contributed by atoms with Gasteiger partial charge in [0.05, 0.1) is 10.7 Å². The van der Waals surface area contributed by atoms with Gasteiger partial charge in [0.2, 0.25) is 0 Å². The first-order chi connectivity index (χ1) is 16.1. The van der Waals surface area contributed by atoms with Crippen molar-refractivity contribution in [2.45, 2.75) is 25.9 Å². The maximum Gasteiger partial charge on any atom is 0.257 e. The second-order valence-electron chi connectivity index (χ2n) is 7.92. The summed E-state index contributed by atoms with van der Waals surface area (Å²) < 4.78 is 5.81. The Bertz CT molecular complexity index is 1120. The Morgan fingerprint density at radius 2 is 1.76 bits per heavy atom. The lowest BCUT2D eigenvalue weighted by Crippen LogP contribution is -2.34. The lowest BCUT2D eigenvalue weighted by molar-refractivity contribution is 0.0977. The minimum absolute atomic E-state index is 0.206. The molecule has 2 N–H and O–H groups in total. The molecule has 1 fully saturated rings. The highest BCUT2D eigenvalue weighted by Gasteiger charge is 2.15. The van der Waals surface area contributed by atoms with Gasteiger partial charge in [-0.15, -0.1) is 0 Å². The van der Waals surface area contributed by atoms with E-state index in [0.29, 0.717) is 22.9 Å². The van der Waals surface area contributed by atoms with Gasteiger partial charge in [0.25, 0.3) is 5.91 Å². The summed E-state index contributed by atoms with van der Waals surface area (Å²) in [6.45, 7) is 2.48. The molecule has 7 heteroatoms. The van der Waals surface area contributed by atoms with E-state index in [9.17, 15) is 4.79 Å². The Balaban J connectivity index is 1.33. The zero-order valence-electron chi connectivity index (χ0n) is 18.2. The highest BCUT2D eigenvalue weighted by molar-refractivity contribution is 7.80. The number of nitrogens with one attached hydrogen (secondary N) is 2. The van der Waals surface area contributed by atoms with Gasteiger partial charge in [-0.05, 0) is 73.4 Å². The van der Waals surface area contributed by atoms with Crippen LogP contribution in [-0.2, 0) is 6.61 Å². The van der Waals surface area contributed by atoms with Crippen LogP contribution in [0.1, 0.15) is 35.2 Å². The van der Waals surface area contributed by atoms with Crippen molar-refractivity contribution >= 4 is 46.2 Å². The number of thiocarbonyl (C=S) groups is 1. The second kappa shape index (κ2) is 11.2. The molecule has 0 bridgehead atoms. The van der Waals surface area contributed by atoms with E-state index in [1.807, 2.05) is 54.6 Å². The molecule has 0 atom stereocenters. The molecule has 0 saturated carbocycles. The van der Waals surface area contributed by atoms with Gasteiger partial charge in [0, 0.05) is 24.3 Å². The van der Waals surface area contributed by atoms with Crippen molar-refractivity contribution in [3.63, 3.8) is 0 Å². The third-order valence-electron chi connectivity index (χ3n) is 5.47. The van der Waals surface area contributed by atoms with Crippen molar-refractivity contribution in [1.82, 2.24) is 5.32 Å². The van der Waals surface area contributed by atoms with Crippen LogP contribution in [-0.4, -0.2) is 24.1 Å². The summed E-state index contributed by atoms with van der Waals surface area (Å²) in [5, 5.41) is 6.63. The second-order valence-corrected chi connectivity index (χ2v) is 8.74. The molecule has 3 aromatic carbocycles. The van der Waals surface area contributed by atoms with Crippen molar-refractivity contribution in [3.8, 4) is 5.75 Å². The molecule has 0 spiro atoms. The molecule has 0 radical (unpaired) electrons. The lowest BCUT2D eigenvalue weighted by atomic mass is 10.1. The van der Waals surface area contributed by atoms with E-state index in [0.717, 1.165) is 30.0 Å². The Morgan fingerprint density at radius 1 is 0.970 bits per heavy atom. The molecular weight excluding hydrogens is 454 g/mol. The number of anilines is 2. The number of hydrogen-bond acceptors (Lipinski definition) is 4. The number of halogens is 1. The summed E-state index contributed by atoms with van der Waals surface area (Å²) in [6.07, 6.45) is 3.64. The molecule has 1 heterocycles. The molecule has 5 nitrogen and oxygen atoms in total. The maximum absolute atomic E-state index is 12.7. The summed E-state index contributed by atoms with van der Waals surface area (Å²) in [7, 11) is 0. The van der Waals surface area contributed by atoms with E-state index in [4.69, 9.17) is 28.6 Å². The van der Waals surface area contributed by atoms with Crippen molar-refractivity contribution in [2.24, 2.45) is 0 Å². The largest absolute Gasteiger partial charge is 0.489 e. The molecule has 1 saturated heterocycles. The van der Waals surface area contributed by atoms with Crippen LogP contribution in [0.5, 0.6) is 5.75 Å². The minimum atomic E-state index is -0.311. The van der Waals surface area contributed by atoms with Gasteiger partial charge in [-0.1, -0.05) is 48.0 Å². The van der Waals surface area contributed by atoms with Crippen LogP contribution in [0.4, 0.5) is 11.4 Å². The number of hydrogen-bond donors (Lipinski definition) is 2. The van der Waals surface area contributed by atoms with Crippen LogP contribution in [0.2, 0.25) is 5.02 Å². The standard InChI is InChI=1S/C26H26ClN3O2S/c27-23-17-21(12-13-24(23)30-14-5-2-6-15-30)28-26(33)29-25(31)20-10-7-11-22(16-20)32-18-19-8-3-1-4-9-19/h1,3-4,7-13,16-17H,2,5-6,14-15,18H2,(H2,28,29,31,33). The highest BCUT2D eigenvalue weighted by atomic mass is 35.5. The number of carbonyl (C=O) groups excluding carboxylic acids is 1. The number of nitrogens with zero attached hydrogens (tertiary/aromatic N) is 1. The van der Waals surface area contributed by atoms with Gasteiger partial charge in [-0.25, -0.2) is 0 Å². The van der Waals surface area contributed by atoms with E-state index < -0.39 is 0 Å². The van der Waals surface area contributed by atoms with E-state index >= 15 is 0 Å². The van der Waals surface area contributed by atoms with Crippen molar-refractivity contribution in [2.75, 3.05) is 23.3 Å². The van der Waals surface area contributed by atoms with Gasteiger partial charge in [0.15, 0.2) is 5.11 Å². The fourth-order valence-corrected chi connectivity index (χ4v) is 4.29. The fourth-order valence-electron chi connectivity index (χ4n) is 3.78. The molecule has 1 amide bonds. The molecule has 1 aliphatic heterocycles. The van der Waals surface area contributed by atoms with Gasteiger partial charge < -0.3 is 15.0 Å². The van der Waals surface area contributed by atoms with Gasteiger partial charge in [-0.3, -0.25) is 10.1 Å². The monoisotopic (exact) mass is 479 g/mol. The molecule has 0 unspecified atom stereocenters. The molecular formula is C26H26ClN3O2S. The average molecular weight is 480 g/mol. The number of piperidine rings is 1. The smallest absolute Gasteiger partial charge is 0.257 e. The molecule has 3 aromatic rings. The minimum Gasteiger partial charge on any atom is -0.489 e. The summed E-state index contributed by atoms with van der Waals surface area (Å²) in [5.74, 6) is 0.305.